The second kappa shape index (κ2) is 7.12. The SMILES string of the molecule is CC[C@@H](CO)NCc1ccc(-c2cccc(OC)c2)o1. The fraction of sp³-hybridized carbons (Fsp3) is 0.375. The third kappa shape index (κ3) is 3.62. The lowest BCUT2D eigenvalue weighted by molar-refractivity contribution is 0.235. The van der Waals surface area contributed by atoms with Crippen LogP contribution in [0.1, 0.15) is 19.1 Å². The van der Waals surface area contributed by atoms with Gasteiger partial charge in [0.2, 0.25) is 0 Å². The molecule has 1 heterocycles. The Bertz CT molecular complexity index is 532. The second-order valence-electron chi connectivity index (χ2n) is 4.67. The Balaban J connectivity index is 2.04. The molecular weight excluding hydrogens is 254 g/mol. The van der Waals surface area contributed by atoms with E-state index in [1.165, 1.54) is 0 Å². The topological polar surface area (TPSA) is 54.6 Å². The minimum absolute atomic E-state index is 0.111. The summed E-state index contributed by atoms with van der Waals surface area (Å²) in [5, 5.41) is 12.4. The average Bonchev–Trinajstić information content (AvgIpc) is 2.97. The number of furan rings is 1. The van der Waals surface area contributed by atoms with Gasteiger partial charge in [-0.25, -0.2) is 0 Å². The van der Waals surface area contributed by atoms with Gasteiger partial charge in [-0.1, -0.05) is 19.1 Å². The summed E-state index contributed by atoms with van der Waals surface area (Å²) in [6.45, 7) is 2.79. The molecule has 0 aliphatic rings. The van der Waals surface area contributed by atoms with Gasteiger partial charge in [0.1, 0.15) is 17.3 Å². The van der Waals surface area contributed by atoms with Crippen LogP contribution in [0.5, 0.6) is 5.75 Å². The van der Waals surface area contributed by atoms with E-state index < -0.39 is 0 Å². The van der Waals surface area contributed by atoms with E-state index in [0.29, 0.717) is 6.54 Å². The Kier molecular flexibility index (Phi) is 5.21. The monoisotopic (exact) mass is 275 g/mol. The van der Waals surface area contributed by atoms with Crippen molar-refractivity contribution in [2.75, 3.05) is 13.7 Å². The Morgan fingerprint density at radius 3 is 2.85 bits per heavy atom. The van der Waals surface area contributed by atoms with Crippen LogP contribution < -0.4 is 10.1 Å². The molecule has 0 amide bonds. The maximum absolute atomic E-state index is 9.14. The normalized spacial score (nSPS) is 12.3. The van der Waals surface area contributed by atoms with Crippen molar-refractivity contribution in [2.24, 2.45) is 0 Å². The molecule has 0 saturated heterocycles. The zero-order valence-corrected chi connectivity index (χ0v) is 11.9. The molecule has 0 saturated carbocycles. The van der Waals surface area contributed by atoms with Gasteiger partial charge in [0.15, 0.2) is 0 Å². The molecule has 0 radical (unpaired) electrons. The highest BCUT2D eigenvalue weighted by Gasteiger charge is 2.08. The summed E-state index contributed by atoms with van der Waals surface area (Å²) in [5.74, 6) is 2.48. The summed E-state index contributed by atoms with van der Waals surface area (Å²) in [7, 11) is 1.65. The number of ether oxygens (including phenoxy) is 1. The first kappa shape index (κ1) is 14.6. The molecule has 1 aromatic heterocycles. The smallest absolute Gasteiger partial charge is 0.134 e. The van der Waals surface area contributed by atoms with Crippen molar-refractivity contribution in [1.29, 1.82) is 0 Å². The summed E-state index contributed by atoms with van der Waals surface area (Å²) < 4.78 is 11.0. The van der Waals surface area contributed by atoms with Gasteiger partial charge < -0.3 is 19.6 Å². The van der Waals surface area contributed by atoms with Crippen molar-refractivity contribution in [2.45, 2.75) is 25.9 Å². The molecule has 0 spiro atoms. The summed E-state index contributed by atoms with van der Waals surface area (Å²) in [6.07, 6.45) is 0.889. The van der Waals surface area contributed by atoms with Crippen LogP contribution in [0, 0.1) is 0 Å². The van der Waals surface area contributed by atoms with E-state index in [1.54, 1.807) is 7.11 Å². The Morgan fingerprint density at radius 1 is 1.30 bits per heavy atom. The van der Waals surface area contributed by atoms with E-state index in [0.717, 1.165) is 29.3 Å². The summed E-state index contributed by atoms with van der Waals surface area (Å²) in [5.41, 5.74) is 0.991. The van der Waals surface area contributed by atoms with E-state index in [-0.39, 0.29) is 12.6 Å². The molecule has 2 N–H and O–H groups in total. The highest BCUT2D eigenvalue weighted by atomic mass is 16.5. The van der Waals surface area contributed by atoms with Gasteiger partial charge in [0, 0.05) is 11.6 Å². The van der Waals surface area contributed by atoms with Crippen LogP contribution in [0.25, 0.3) is 11.3 Å². The summed E-state index contributed by atoms with van der Waals surface area (Å²) >= 11 is 0. The van der Waals surface area contributed by atoms with E-state index in [9.17, 15) is 0 Å². The van der Waals surface area contributed by atoms with Crippen molar-refractivity contribution in [3.8, 4) is 17.1 Å². The molecule has 2 rings (SSSR count). The van der Waals surface area contributed by atoms with E-state index in [1.807, 2.05) is 43.3 Å². The van der Waals surface area contributed by atoms with Crippen molar-refractivity contribution < 1.29 is 14.3 Å². The largest absolute Gasteiger partial charge is 0.497 e. The molecule has 1 aromatic carbocycles. The van der Waals surface area contributed by atoms with Gasteiger partial charge in [0.25, 0.3) is 0 Å². The Labute approximate surface area is 119 Å². The highest BCUT2D eigenvalue weighted by molar-refractivity contribution is 5.59. The lowest BCUT2D eigenvalue weighted by Crippen LogP contribution is -2.30. The predicted molar refractivity (Wildman–Crippen MR) is 78.7 cm³/mol. The summed E-state index contributed by atoms with van der Waals surface area (Å²) in [4.78, 5) is 0. The van der Waals surface area contributed by atoms with Crippen LogP contribution in [0.4, 0.5) is 0 Å². The van der Waals surface area contributed by atoms with Gasteiger partial charge in [0.05, 0.1) is 20.3 Å². The zero-order valence-electron chi connectivity index (χ0n) is 11.9. The first-order valence-electron chi connectivity index (χ1n) is 6.84. The molecule has 2 aromatic rings. The molecule has 4 nitrogen and oxygen atoms in total. The van der Waals surface area contributed by atoms with Crippen LogP contribution in [0.15, 0.2) is 40.8 Å². The first-order chi connectivity index (χ1) is 9.76. The van der Waals surface area contributed by atoms with Gasteiger partial charge in [-0.15, -0.1) is 0 Å². The minimum Gasteiger partial charge on any atom is -0.497 e. The van der Waals surface area contributed by atoms with Crippen LogP contribution >= 0.6 is 0 Å². The molecule has 0 fully saturated rings. The highest BCUT2D eigenvalue weighted by Crippen LogP contribution is 2.25. The standard InChI is InChI=1S/C16H21NO3/c1-3-13(11-18)17-10-15-7-8-16(20-15)12-5-4-6-14(9-12)19-2/h4-9,13,17-18H,3,10-11H2,1-2H3/t13-/m0/s1. The number of benzene rings is 1. The molecule has 4 heteroatoms. The average molecular weight is 275 g/mol. The molecule has 0 aliphatic carbocycles. The lowest BCUT2D eigenvalue weighted by Gasteiger charge is -2.12. The number of aliphatic hydroxyl groups is 1. The van der Waals surface area contributed by atoms with Crippen LogP contribution in [0.2, 0.25) is 0 Å². The molecule has 0 unspecified atom stereocenters. The Hall–Kier alpha value is -1.78. The maximum atomic E-state index is 9.14. The van der Waals surface area contributed by atoms with Crippen LogP contribution in [-0.2, 0) is 6.54 Å². The summed E-state index contributed by atoms with van der Waals surface area (Å²) in [6, 6.07) is 11.8. The van der Waals surface area contributed by atoms with Crippen molar-refractivity contribution in [3.63, 3.8) is 0 Å². The molecule has 108 valence electrons. The van der Waals surface area contributed by atoms with Crippen LogP contribution in [0.3, 0.4) is 0 Å². The third-order valence-electron chi connectivity index (χ3n) is 3.29. The number of rotatable bonds is 7. The van der Waals surface area contributed by atoms with E-state index in [4.69, 9.17) is 14.3 Å². The zero-order chi connectivity index (χ0) is 14.4. The van der Waals surface area contributed by atoms with Crippen molar-refractivity contribution >= 4 is 0 Å². The fourth-order valence-electron chi connectivity index (χ4n) is 1.99. The molecule has 20 heavy (non-hydrogen) atoms. The molecule has 1 atom stereocenters. The number of methoxy groups -OCH3 is 1. The maximum Gasteiger partial charge on any atom is 0.134 e. The third-order valence-corrected chi connectivity index (χ3v) is 3.29. The van der Waals surface area contributed by atoms with E-state index in [2.05, 4.69) is 5.32 Å². The van der Waals surface area contributed by atoms with Crippen molar-refractivity contribution in [3.05, 3.63) is 42.2 Å². The van der Waals surface area contributed by atoms with Crippen molar-refractivity contribution in [1.82, 2.24) is 5.32 Å². The number of nitrogens with one attached hydrogen (secondary N) is 1. The Morgan fingerprint density at radius 2 is 2.15 bits per heavy atom. The van der Waals surface area contributed by atoms with Crippen LogP contribution in [-0.4, -0.2) is 24.9 Å². The van der Waals surface area contributed by atoms with Gasteiger partial charge in [-0.3, -0.25) is 0 Å². The lowest BCUT2D eigenvalue weighted by atomic mass is 10.2. The minimum atomic E-state index is 0.111. The number of aliphatic hydroxyl groups excluding tert-OH is 1. The van der Waals surface area contributed by atoms with Gasteiger partial charge in [-0.05, 0) is 30.7 Å². The number of hydrogen-bond acceptors (Lipinski definition) is 4. The second-order valence-corrected chi connectivity index (χ2v) is 4.67. The molecule has 0 aliphatic heterocycles. The van der Waals surface area contributed by atoms with Gasteiger partial charge >= 0.3 is 0 Å². The molecular formula is C16H21NO3. The van der Waals surface area contributed by atoms with E-state index >= 15 is 0 Å². The van der Waals surface area contributed by atoms with Gasteiger partial charge in [-0.2, -0.15) is 0 Å². The first-order valence-corrected chi connectivity index (χ1v) is 6.84. The molecule has 0 bridgehead atoms. The predicted octanol–water partition coefficient (Wildman–Crippen LogP) is 2.82. The fourth-order valence-corrected chi connectivity index (χ4v) is 1.99. The quantitative estimate of drug-likeness (QED) is 0.816. The number of hydrogen-bond donors (Lipinski definition) is 2.